The molecule has 96 valence electrons. The minimum Gasteiger partial charge on any atom is -0.312 e. The fourth-order valence-corrected chi connectivity index (χ4v) is 2.71. The first-order valence-corrected chi connectivity index (χ1v) is 7.02. The molecule has 1 heterocycles. The zero-order valence-electron chi connectivity index (χ0n) is 10.7. The Labute approximate surface area is 112 Å². The van der Waals surface area contributed by atoms with Crippen molar-refractivity contribution in [2.45, 2.75) is 20.4 Å². The molecule has 1 aromatic carbocycles. The lowest BCUT2D eigenvalue weighted by Crippen LogP contribution is -2.18. The normalized spacial score (nSPS) is 11.1. The number of rotatable bonds is 5. The maximum atomic E-state index is 12.8. The average molecular weight is 263 g/mol. The van der Waals surface area contributed by atoms with Gasteiger partial charge in [-0.2, -0.15) is 0 Å². The highest BCUT2D eigenvalue weighted by atomic mass is 32.1. The van der Waals surface area contributed by atoms with Crippen LogP contribution in [0, 0.1) is 11.7 Å². The number of halogens is 1. The second-order valence-corrected chi connectivity index (χ2v) is 5.97. The van der Waals surface area contributed by atoms with Crippen molar-refractivity contribution in [2.75, 3.05) is 6.54 Å². The lowest BCUT2D eigenvalue weighted by atomic mass is 10.2. The Morgan fingerprint density at radius 3 is 2.50 bits per heavy atom. The molecule has 2 rings (SSSR count). The topological polar surface area (TPSA) is 12.0 Å². The lowest BCUT2D eigenvalue weighted by Gasteiger charge is -2.05. The first-order valence-electron chi connectivity index (χ1n) is 6.20. The predicted molar refractivity (Wildman–Crippen MR) is 76.3 cm³/mol. The van der Waals surface area contributed by atoms with Crippen LogP contribution in [-0.2, 0) is 6.54 Å². The Morgan fingerprint density at radius 2 is 1.83 bits per heavy atom. The third kappa shape index (κ3) is 3.65. The summed E-state index contributed by atoms with van der Waals surface area (Å²) in [5.74, 6) is 0.482. The molecule has 0 fully saturated rings. The minimum absolute atomic E-state index is 0.186. The van der Waals surface area contributed by atoms with Crippen molar-refractivity contribution < 1.29 is 4.39 Å². The molecule has 0 aliphatic heterocycles. The molecule has 0 saturated heterocycles. The van der Waals surface area contributed by atoms with Gasteiger partial charge in [-0.05, 0) is 42.3 Å². The second kappa shape index (κ2) is 6.12. The van der Waals surface area contributed by atoms with Gasteiger partial charge < -0.3 is 5.32 Å². The zero-order chi connectivity index (χ0) is 13.0. The summed E-state index contributed by atoms with van der Waals surface area (Å²) in [6.07, 6.45) is 0. The molecule has 0 atom stereocenters. The Morgan fingerprint density at radius 1 is 1.11 bits per heavy atom. The van der Waals surface area contributed by atoms with Crippen LogP contribution >= 0.6 is 11.3 Å². The highest BCUT2D eigenvalue weighted by Gasteiger charge is 2.03. The molecule has 0 aliphatic rings. The van der Waals surface area contributed by atoms with Gasteiger partial charge in [0.15, 0.2) is 0 Å². The van der Waals surface area contributed by atoms with Gasteiger partial charge in [0.25, 0.3) is 0 Å². The van der Waals surface area contributed by atoms with Crippen LogP contribution in [-0.4, -0.2) is 6.54 Å². The van der Waals surface area contributed by atoms with Gasteiger partial charge in [-0.1, -0.05) is 26.0 Å². The van der Waals surface area contributed by atoms with Crippen LogP contribution in [0.15, 0.2) is 36.4 Å². The smallest absolute Gasteiger partial charge is 0.123 e. The van der Waals surface area contributed by atoms with Gasteiger partial charge in [0.2, 0.25) is 0 Å². The largest absolute Gasteiger partial charge is 0.312 e. The van der Waals surface area contributed by atoms with Gasteiger partial charge in [-0.15, -0.1) is 11.3 Å². The summed E-state index contributed by atoms with van der Waals surface area (Å²) in [5.41, 5.74) is 1.08. The summed E-state index contributed by atoms with van der Waals surface area (Å²) in [7, 11) is 0. The summed E-state index contributed by atoms with van der Waals surface area (Å²) in [6, 6.07) is 10.9. The molecule has 1 N–H and O–H groups in total. The van der Waals surface area contributed by atoms with Crippen LogP contribution in [0.2, 0.25) is 0 Å². The Hall–Kier alpha value is -1.19. The van der Waals surface area contributed by atoms with E-state index in [1.807, 2.05) is 12.1 Å². The number of thiophene rings is 1. The van der Waals surface area contributed by atoms with Gasteiger partial charge in [-0.3, -0.25) is 0 Å². The van der Waals surface area contributed by atoms with Crippen molar-refractivity contribution in [3.63, 3.8) is 0 Å². The Kier molecular flexibility index (Phi) is 4.50. The molecular weight excluding hydrogens is 245 g/mol. The second-order valence-electron chi connectivity index (χ2n) is 4.80. The molecule has 0 aliphatic carbocycles. The van der Waals surface area contributed by atoms with E-state index in [1.165, 1.54) is 21.9 Å². The van der Waals surface area contributed by atoms with E-state index in [0.717, 1.165) is 18.7 Å². The Bertz CT molecular complexity index is 487. The van der Waals surface area contributed by atoms with Gasteiger partial charge in [0.1, 0.15) is 5.82 Å². The van der Waals surface area contributed by atoms with E-state index in [2.05, 4.69) is 31.3 Å². The van der Waals surface area contributed by atoms with E-state index in [4.69, 9.17) is 0 Å². The number of benzene rings is 1. The van der Waals surface area contributed by atoms with Crippen LogP contribution in [0.3, 0.4) is 0 Å². The highest BCUT2D eigenvalue weighted by Crippen LogP contribution is 2.28. The summed E-state index contributed by atoms with van der Waals surface area (Å²) >= 11 is 1.76. The highest BCUT2D eigenvalue weighted by molar-refractivity contribution is 7.15. The van der Waals surface area contributed by atoms with E-state index in [1.54, 1.807) is 11.3 Å². The molecule has 1 aromatic heterocycles. The molecule has 0 radical (unpaired) electrons. The fourth-order valence-electron chi connectivity index (χ4n) is 1.73. The first kappa shape index (κ1) is 13.2. The van der Waals surface area contributed by atoms with E-state index in [0.29, 0.717) is 5.92 Å². The molecular formula is C15H18FNS. The van der Waals surface area contributed by atoms with E-state index in [-0.39, 0.29) is 5.82 Å². The van der Waals surface area contributed by atoms with Crippen molar-refractivity contribution in [2.24, 2.45) is 5.92 Å². The number of hydrogen-bond donors (Lipinski definition) is 1. The van der Waals surface area contributed by atoms with Crippen molar-refractivity contribution in [3.8, 4) is 10.4 Å². The molecule has 0 saturated carbocycles. The van der Waals surface area contributed by atoms with Crippen molar-refractivity contribution in [1.82, 2.24) is 5.32 Å². The average Bonchev–Trinajstić information content (AvgIpc) is 2.78. The quantitative estimate of drug-likeness (QED) is 0.848. The van der Waals surface area contributed by atoms with E-state index in [9.17, 15) is 4.39 Å². The van der Waals surface area contributed by atoms with Crippen LogP contribution in [0.25, 0.3) is 10.4 Å². The standard InChI is InChI=1S/C15H18FNS/c1-11(2)9-17-10-14-7-8-15(18-14)12-3-5-13(16)6-4-12/h3-8,11,17H,9-10H2,1-2H3. The monoisotopic (exact) mass is 263 g/mol. The zero-order valence-corrected chi connectivity index (χ0v) is 11.6. The number of nitrogens with one attached hydrogen (secondary N) is 1. The maximum Gasteiger partial charge on any atom is 0.123 e. The van der Waals surface area contributed by atoms with Gasteiger partial charge in [0.05, 0.1) is 0 Å². The van der Waals surface area contributed by atoms with E-state index >= 15 is 0 Å². The molecule has 0 bridgehead atoms. The van der Waals surface area contributed by atoms with Gasteiger partial charge in [-0.25, -0.2) is 4.39 Å². The molecule has 0 amide bonds. The van der Waals surface area contributed by atoms with E-state index < -0.39 is 0 Å². The van der Waals surface area contributed by atoms with Crippen molar-refractivity contribution in [3.05, 3.63) is 47.1 Å². The maximum absolute atomic E-state index is 12.8. The number of hydrogen-bond acceptors (Lipinski definition) is 2. The molecule has 18 heavy (non-hydrogen) atoms. The van der Waals surface area contributed by atoms with Crippen LogP contribution in [0.5, 0.6) is 0 Å². The molecule has 2 aromatic rings. The molecule has 0 spiro atoms. The van der Waals surface area contributed by atoms with Crippen molar-refractivity contribution in [1.29, 1.82) is 0 Å². The summed E-state index contributed by atoms with van der Waals surface area (Å²) < 4.78 is 12.8. The third-order valence-electron chi connectivity index (χ3n) is 2.64. The summed E-state index contributed by atoms with van der Waals surface area (Å²) in [5, 5.41) is 3.43. The summed E-state index contributed by atoms with van der Waals surface area (Å²) in [4.78, 5) is 2.51. The fraction of sp³-hybridized carbons (Fsp3) is 0.333. The summed E-state index contributed by atoms with van der Waals surface area (Å²) in [6.45, 7) is 6.34. The van der Waals surface area contributed by atoms with Gasteiger partial charge in [0, 0.05) is 16.3 Å². The van der Waals surface area contributed by atoms with Crippen LogP contribution in [0.1, 0.15) is 18.7 Å². The first-order chi connectivity index (χ1) is 8.65. The van der Waals surface area contributed by atoms with Gasteiger partial charge >= 0.3 is 0 Å². The third-order valence-corrected chi connectivity index (χ3v) is 3.78. The van der Waals surface area contributed by atoms with Crippen molar-refractivity contribution >= 4 is 11.3 Å². The minimum atomic E-state index is -0.186. The Balaban J connectivity index is 1.99. The SMILES string of the molecule is CC(C)CNCc1ccc(-c2ccc(F)cc2)s1. The lowest BCUT2D eigenvalue weighted by molar-refractivity contribution is 0.555. The molecule has 3 heteroatoms. The molecule has 0 unspecified atom stereocenters. The van der Waals surface area contributed by atoms with Crippen LogP contribution < -0.4 is 5.32 Å². The molecule has 1 nitrogen and oxygen atoms in total. The predicted octanol–water partition coefficient (Wildman–Crippen LogP) is 4.30. The van der Waals surface area contributed by atoms with Crippen LogP contribution in [0.4, 0.5) is 4.39 Å².